The summed E-state index contributed by atoms with van der Waals surface area (Å²) >= 11 is 3.36. The van der Waals surface area contributed by atoms with Crippen molar-refractivity contribution >= 4 is 21.8 Å². The number of carbonyl (C=O) groups excluding carboxylic acids is 1. The maximum Gasteiger partial charge on any atom is 0.254 e. The van der Waals surface area contributed by atoms with Crippen molar-refractivity contribution in [3.8, 4) is 5.75 Å². The first-order chi connectivity index (χ1) is 8.45. The van der Waals surface area contributed by atoms with Gasteiger partial charge in [-0.15, -0.1) is 0 Å². The highest BCUT2D eigenvalue weighted by atomic mass is 79.9. The molecule has 0 spiro atoms. The van der Waals surface area contributed by atoms with Crippen LogP contribution in [0.1, 0.15) is 19.8 Å². The lowest BCUT2D eigenvalue weighted by molar-refractivity contribution is -0.120. The van der Waals surface area contributed by atoms with Crippen LogP contribution in [0.3, 0.4) is 0 Å². The number of hydrogen-bond donors (Lipinski definition) is 1. The van der Waals surface area contributed by atoms with Gasteiger partial charge >= 0.3 is 0 Å². The lowest BCUT2D eigenvalue weighted by Gasteiger charge is -2.35. The van der Waals surface area contributed by atoms with Crippen LogP contribution < -0.4 is 15.6 Å². The van der Waals surface area contributed by atoms with E-state index in [1.54, 1.807) is 13.2 Å². The number of hydrogen-bond acceptors (Lipinski definition) is 3. The fraction of sp³-hybridized carbons (Fsp3) is 0.500. The van der Waals surface area contributed by atoms with E-state index in [-0.39, 0.29) is 23.6 Å². The van der Waals surface area contributed by atoms with E-state index >= 15 is 0 Å². The van der Waals surface area contributed by atoms with Gasteiger partial charge in [-0.3, -0.25) is 9.59 Å². The van der Waals surface area contributed by atoms with Gasteiger partial charge < -0.3 is 14.6 Å². The molecular formula is C12H15BrN2O3. The van der Waals surface area contributed by atoms with Crippen LogP contribution in [-0.4, -0.2) is 22.6 Å². The minimum absolute atomic E-state index is 0.0202. The van der Waals surface area contributed by atoms with Gasteiger partial charge in [-0.2, -0.15) is 0 Å². The highest BCUT2D eigenvalue weighted by Gasteiger charge is 2.31. The summed E-state index contributed by atoms with van der Waals surface area (Å²) in [6.07, 6.45) is 3.30. The Labute approximate surface area is 113 Å². The van der Waals surface area contributed by atoms with Crippen molar-refractivity contribution in [1.29, 1.82) is 0 Å². The molecule has 0 aromatic carbocycles. The molecule has 1 fully saturated rings. The quantitative estimate of drug-likeness (QED) is 0.911. The lowest BCUT2D eigenvalue weighted by Crippen LogP contribution is -2.48. The van der Waals surface area contributed by atoms with E-state index in [1.807, 2.05) is 0 Å². The van der Waals surface area contributed by atoms with Gasteiger partial charge in [-0.05, 0) is 15.9 Å². The average molecular weight is 315 g/mol. The Bertz CT molecular complexity index is 521. The Morgan fingerprint density at radius 2 is 2.22 bits per heavy atom. The molecule has 1 aromatic heterocycles. The van der Waals surface area contributed by atoms with Gasteiger partial charge in [0.15, 0.2) is 0 Å². The molecule has 0 aliphatic heterocycles. The van der Waals surface area contributed by atoms with Crippen molar-refractivity contribution in [3.05, 3.63) is 27.1 Å². The molecule has 5 nitrogen and oxygen atoms in total. The van der Waals surface area contributed by atoms with Crippen LogP contribution in [0.2, 0.25) is 0 Å². The summed E-state index contributed by atoms with van der Waals surface area (Å²) in [5, 5.41) is 2.83. The molecule has 1 aliphatic carbocycles. The van der Waals surface area contributed by atoms with E-state index in [4.69, 9.17) is 4.74 Å². The van der Waals surface area contributed by atoms with Crippen molar-refractivity contribution in [1.82, 2.24) is 9.88 Å². The van der Waals surface area contributed by atoms with Gasteiger partial charge in [-0.25, -0.2) is 0 Å². The Balaban J connectivity index is 1.94. The number of aromatic nitrogens is 1. The van der Waals surface area contributed by atoms with Crippen molar-refractivity contribution in [2.75, 3.05) is 0 Å². The van der Waals surface area contributed by atoms with E-state index < -0.39 is 0 Å². The summed E-state index contributed by atoms with van der Waals surface area (Å²) in [7, 11) is 1.69. The predicted molar refractivity (Wildman–Crippen MR) is 70.6 cm³/mol. The molecule has 1 heterocycles. The first kappa shape index (κ1) is 13.1. The Kier molecular flexibility index (Phi) is 3.75. The normalized spacial score (nSPS) is 22.2. The molecule has 6 heteroatoms. The highest BCUT2D eigenvalue weighted by molar-refractivity contribution is 9.10. The third kappa shape index (κ3) is 2.93. The van der Waals surface area contributed by atoms with Crippen LogP contribution in [0.5, 0.6) is 5.75 Å². The Morgan fingerprint density at radius 3 is 2.83 bits per heavy atom. The van der Waals surface area contributed by atoms with E-state index in [1.165, 1.54) is 17.6 Å². The van der Waals surface area contributed by atoms with Crippen LogP contribution >= 0.6 is 15.9 Å². The molecule has 0 bridgehead atoms. The van der Waals surface area contributed by atoms with Gasteiger partial charge in [-0.1, -0.05) is 0 Å². The topological polar surface area (TPSA) is 60.3 Å². The number of halogens is 1. The SMILES string of the molecule is CC(=O)N[C@H]1C[C@H](Oc2cc(=O)n(C)cc2Br)C1. The van der Waals surface area contributed by atoms with E-state index in [0.29, 0.717) is 5.75 Å². The number of nitrogens with zero attached hydrogens (tertiary/aromatic N) is 1. The largest absolute Gasteiger partial charge is 0.489 e. The van der Waals surface area contributed by atoms with Gasteiger partial charge in [0.2, 0.25) is 5.91 Å². The maximum atomic E-state index is 11.5. The van der Waals surface area contributed by atoms with Crippen molar-refractivity contribution < 1.29 is 9.53 Å². The van der Waals surface area contributed by atoms with Gasteiger partial charge in [0.05, 0.1) is 4.47 Å². The number of nitrogens with one attached hydrogen (secondary N) is 1. The Hall–Kier alpha value is -1.30. The second-order valence-corrected chi connectivity index (χ2v) is 5.40. The molecule has 1 aromatic rings. The molecule has 0 atom stereocenters. The molecule has 2 rings (SSSR count). The summed E-state index contributed by atoms with van der Waals surface area (Å²) in [5.74, 6) is 0.539. The smallest absolute Gasteiger partial charge is 0.254 e. The van der Waals surface area contributed by atoms with Crippen LogP contribution in [0, 0.1) is 0 Å². The first-order valence-electron chi connectivity index (χ1n) is 5.75. The molecular weight excluding hydrogens is 300 g/mol. The minimum Gasteiger partial charge on any atom is -0.489 e. The van der Waals surface area contributed by atoms with Crippen LogP contribution in [0.15, 0.2) is 21.5 Å². The maximum absolute atomic E-state index is 11.5. The van der Waals surface area contributed by atoms with Crippen molar-refractivity contribution in [2.45, 2.75) is 31.9 Å². The zero-order chi connectivity index (χ0) is 13.3. The standard InChI is InChI=1S/C12H15BrN2O3/c1-7(16)14-8-3-9(4-8)18-11-5-12(17)15(2)6-10(11)13/h5-6,8-9H,3-4H2,1-2H3,(H,14,16)/t8-,9-. The molecule has 0 unspecified atom stereocenters. The van der Waals surface area contributed by atoms with E-state index in [2.05, 4.69) is 21.2 Å². The van der Waals surface area contributed by atoms with Crippen molar-refractivity contribution in [2.24, 2.45) is 7.05 Å². The fourth-order valence-corrected chi connectivity index (χ4v) is 2.43. The molecule has 0 saturated heterocycles. The summed E-state index contributed by atoms with van der Waals surface area (Å²) in [6, 6.07) is 1.66. The van der Waals surface area contributed by atoms with Gasteiger partial charge in [0.25, 0.3) is 5.56 Å². The number of carbonyl (C=O) groups is 1. The van der Waals surface area contributed by atoms with Crippen molar-refractivity contribution in [3.63, 3.8) is 0 Å². The van der Waals surface area contributed by atoms with Crippen LogP contribution in [-0.2, 0) is 11.8 Å². The van der Waals surface area contributed by atoms with Crippen LogP contribution in [0.25, 0.3) is 0 Å². The zero-order valence-corrected chi connectivity index (χ0v) is 11.9. The predicted octanol–water partition coefficient (Wildman–Crippen LogP) is 1.19. The minimum atomic E-state index is -0.106. The average Bonchev–Trinajstić information content (AvgIpc) is 2.21. The molecule has 98 valence electrons. The summed E-state index contributed by atoms with van der Waals surface area (Å²) < 4.78 is 7.96. The third-order valence-corrected chi connectivity index (χ3v) is 3.54. The Morgan fingerprint density at radius 1 is 1.56 bits per heavy atom. The molecule has 0 radical (unpaired) electrons. The van der Waals surface area contributed by atoms with E-state index in [9.17, 15) is 9.59 Å². The first-order valence-corrected chi connectivity index (χ1v) is 6.55. The lowest BCUT2D eigenvalue weighted by atomic mass is 9.89. The zero-order valence-electron chi connectivity index (χ0n) is 10.3. The fourth-order valence-electron chi connectivity index (χ4n) is 1.92. The van der Waals surface area contributed by atoms with Crippen LogP contribution in [0.4, 0.5) is 0 Å². The second kappa shape index (κ2) is 5.14. The number of ether oxygens (including phenoxy) is 1. The summed E-state index contributed by atoms with van der Waals surface area (Å²) in [6.45, 7) is 1.51. The number of pyridine rings is 1. The molecule has 1 saturated carbocycles. The molecule has 1 aliphatic rings. The molecule has 18 heavy (non-hydrogen) atoms. The monoisotopic (exact) mass is 314 g/mol. The van der Waals surface area contributed by atoms with Gasteiger partial charge in [0.1, 0.15) is 11.9 Å². The number of rotatable bonds is 3. The second-order valence-electron chi connectivity index (χ2n) is 4.54. The number of amides is 1. The van der Waals surface area contributed by atoms with E-state index in [0.717, 1.165) is 17.3 Å². The summed E-state index contributed by atoms with van der Waals surface area (Å²) in [4.78, 5) is 22.3. The third-order valence-electron chi connectivity index (χ3n) is 2.94. The molecule has 1 N–H and O–H groups in total. The summed E-state index contributed by atoms with van der Waals surface area (Å²) in [5.41, 5.74) is -0.106. The van der Waals surface area contributed by atoms with Gasteiger partial charge in [0, 0.05) is 45.1 Å². The molecule has 1 amide bonds. The highest BCUT2D eigenvalue weighted by Crippen LogP contribution is 2.29. The number of aryl methyl sites for hydroxylation is 1.